The molecule has 24 heavy (non-hydrogen) atoms. The Kier molecular flexibility index (Phi) is 5.08. The monoisotopic (exact) mass is 330 g/mol. The van der Waals surface area contributed by atoms with Crippen LogP contribution in [0, 0.1) is 5.82 Å². The maximum Gasteiger partial charge on any atom is 0.262 e. The smallest absolute Gasteiger partial charge is 0.262 e. The number of ether oxygens (including phenoxy) is 1. The minimum atomic E-state index is -0.753. The molecule has 2 aromatic rings. The molecule has 1 heterocycles. The van der Waals surface area contributed by atoms with Gasteiger partial charge in [0.2, 0.25) is 0 Å². The van der Waals surface area contributed by atoms with Crippen molar-refractivity contribution in [3.8, 4) is 5.75 Å². The number of benzene rings is 2. The molecule has 6 heteroatoms. The highest BCUT2D eigenvalue weighted by Gasteiger charge is 2.17. The molecule has 2 N–H and O–H groups in total. The summed E-state index contributed by atoms with van der Waals surface area (Å²) in [6.07, 6.45) is 0. The number of phenols is 1. The zero-order valence-electron chi connectivity index (χ0n) is 13.2. The Labute approximate surface area is 139 Å². The molecule has 0 saturated carbocycles. The van der Waals surface area contributed by atoms with Gasteiger partial charge >= 0.3 is 0 Å². The first-order chi connectivity index (χ1) is 11.6. The Morgan fingerprint density at radius 1 is 1.21 bits per heavy atom. The summed E-state index contributed by atoms with van der Waals surface area (Å²) in [6, 6.07) is 11.2. The summed E-state index contributed by atoms with van der Waals surface area (Å²) in [7, 11) is 0. The van der Waals surface area contributed by atoms with Gasteiger partial charge in [-0.15, -0.1) is 0 Å². The number of nitrogens with zero attached hydrogens (tertiary/aromatic N) is 1. The predicted molar refractivity (Wildman–Crippen MR) is 88.6 cm³/mol. The summed E-state index contributed by atoms with van der Waals surface area (Å²) in [4.78, 5) is 14.5. The van der Waals surface area contributed by atoms with Gasteiger partial charge in [0.25, 0.3) is 5.91 Å². The molecule has 126 valence electrons. The number of anilines is 1. The molecule has 1 fully saturated rings. The number of hydrogen-bond acceptors (Lipinski definition) is 4. The van der Waals surface area contributed by atoms with E-state index in [1.165, 1.54) is 12.1 Å². The minimum Gasteiger partial charge on any atom is -0.507 e. The molecule has 0 radical (unpaired) electrons. The number of hydrogen-bond donors (Lipinski definition) is 2. The topological polar surface area (TPSA) is 61.8 Å². The number of rotatable bonds is 4. The van der Waals surface area contributed by atoms with E-state index in [0.717, 1.165) is 44.5 Å². The Bertz CT molecular complexity index is 710. The molecule has 0 bridgehead atoms. The molecule has 2 aromatic carbocycles. The molecule has 1 amide bonds. The van der Waals surface area contributed by atoms with Crippen LogP contribution in [-0.4, -0.2) is 42.2 Å². The van der Waals surface area contributed by atoms with Gasteiger partial charge in [-0.05, 0) is 29.8 Å². The van der Waals surface area contributed by atoms with E-state index < -0.39 is 11.7 Å². The van der Waals surface area contributed by atoms with Crippen molar-refractivity contribution in [2.75, 3.05) is 31.6 Å². The second-order valence-electron chi connectivity index (χ2n) is 5.68. The average Bonchev–Trinajstić information content (AvgIpc) is 2.56. The molecule has 0 aromatic heterocycles. The third-order valence-corrected chi connectivity index (χ3v) is 3.91. The molecule has 1 aliphatic heterocycles. The van der Waals surface area contributed by atoms with Crippen molar-refractivity contribution in [1.29, 1.82) is 0 Å². The summed E-state index contributed by atoms with van der Waals surface area (Å²) in [5.41, 5.74) is 1.26. The summed E-state index contributed by atoms with van der Waals surface area (Å²) in [6.45, 7) is 3.96. The zero-order valence-corrected chi connectivity index (χ0v) is 13.2. The molecule has 0 aliphatic carbocycles. The second kappa shape index (κ2) is 7.42. The van der Waals surface area contributed by atoms with Crippen LogP contribution in [-0.2, 0) is 11.3 Å². The number of amides is 1. The average molecular weight is 330 g/mol. The standard InChI is InChI=1S/C18H19FN2O3/c19-15-5-2-6-16(22)17(15)18(23)20-14-4-1-3-13(11-14)12-21-7-9-24-10-8-21/h1-6,11,22H,7-10,12H2,(H,20,23). The van der Waals surface area contributed by atoms with Gasteiger partial charge in [0.05, 0.1) is 13.2 Å². The fraction of sp³-hybridized carbons (Fsp3) is 0.278. The van der Waals surface area contributed by atoms with Crippen molar-refractivity contribution in [3.05, 3.63) is 59.4 Å². The maximum absolute atomic E-state index is 13.8. The van der Waals surface area contributed by atoms with Gasteiger partial charge in [-0.3, -0.25) is 9.69 Å². The van der Waals surface area contributed by atoms with Crippen LogP contribution in [0.4, 0.5) is 10.1 Å². The summed E-state index contributed by atoms with van der Waals surface area (Å²) in [5.74, 6) is -1.80. The summed E-state index contributed by atoms with van der Waals surface area (Å²) in [5, 5.41) is 12.3. The largest absolute Gasteiger partial charge is 0.507 e. The predicted octanol–water partition coefficient (Wildman–Crippen LogP) is 2.62. The molecule has 1 aliphatic rings. The highest BCUT2D eigenvalue weighted by molar-refractivity contribution is 6.06. The number of aromatic hydroxyl groups is 1. The van der Waals surface area contributed by atoms with Crippen molar-refractivity contribution in [1.82, 2.24) is 4.90 Å². The Balaban J connectivity index is 1.71. The van der Waals surface area contributed by atoms with Crippen LogP contribution >= 0.6 is 0 Å². The van der Waals surface area contributed by atoms with Gasteiger partial charge in [-0.2, -0.15) is 0 Å². The first-order valence-corrected chi connectivity index (χ1v) is 7.81. The van der Waals surface area contributed by atoms with Crippen molar-refractivity contribution in [2.45, 2.75) is 6.54 Å². The van der Waals surface area contributed by atoms with Crippen molar-refractivity contribution in [3.63, 3.8) is 0 Å². The highest BCUT2D eigenvalue weighted by Crippen LogP contribution is 2.22. The molecule has 1 saturated heterocycles. The van der Waals surface area contributed by atoms with Crippen LogP contribution in [0.3, 0.4) is 0 Å². The van der Waals surface area contributed by atoms with Crippen LogP contribution in [0.2, 0.25) is 0 Å². The number of morpholine rings is 1. The van der Waals surface area contributed by atoms with Gasteiger partial charge in [0.1, 0.15) is 17.1 Å². The molecular formula is C18H19FN2O3. The number of nitrogens with one attached hydrogen (secondary N) is 1. The van der Waals surface area contributed by atoms with E-state index >= 15 is 0 Å². The second-order valence-corrected chi connectivity index (χ2v) is 5.68. The number of carbonyl (C=O) groups excluding carboxylic acids is 1. The van der Waals surface area contributed by atoms with E-state index in [4.69, 9.17) is 4.74 Å². The van der Waals surface area contributed by atoms with Crippen LogP contribution < -0.4 is 5.32 Å². The number of phenolic OH excluding ortho intramolecular Hbond substituents is 1. The lowest BCUT2D eigenvalue weighted by molar-refractivity contribution is 0.0342. The van der Waals surface area contributed by atoms with Gasteiger partial charge in [0, 0.05) is 25.3 Å². The molecule has 0 unspecified atom stereocenters. The Morgan fingerprint density at radius 2 is 1.96 bits per heavy atom. The van der Waals surface area contributed by atoms with E-state index in [2.05, 4.69) is 10.2 Å². The van der Waals surface area contributed by atoms with Gasteiger partial charge in [-0.25, -0.2) is 4.39 Å². The fourth-order valence-electron chi connectivity index (χ4n) is 2.70. The van der Waals surface area contributed by atoms with E-state index in [9.17, 15) is 14.3 Å². The lowest BCUT2D eigenvalue weighted by Gasteiger charge is -2.26. The van der Waals surface area contributed by atoms with Crippen LogP contribution in [0.15, 0.2) is 42.5 Å². The quantitative estimate of drug-likeness (QED) is 0.905. The van der Waals surface area contributed by atoms with Crippen molar-refractivity contribution < 1.29 is 19.0 Å². The van der Waals surface area contributed by atoms with Gasteiger partial charge < -0.3 is 15.2 Å². The number of halogens is 1. The van der Waals surface area contributed by atoms with Crippen molar-refractivity contribution in [2.24, 2.45) is 0 Å². The van der Waals surface area contributed by atoms with Crippen LogP contribution in [0.25, 0.3) is 0 Å². The van der Waals surface area contributed by atoms with Gasteiger partial charge in [-0.1, -0.05) is 18.2 Å². The normalized spacial score (nSPS) is 15.2. The molecule has 3 rings (SSSR count). The van der Waals surface area contributed by atoms with E-state index in [-0.39, 0.29) is 11.3 Å². The molecule has 0 spiro atoms. The minimum absolute atomic E-state index is 0.351. The Morgan fingerprint density at radius 3 is 2.71 bits per heavy atom. The summed E-state index contributed by atoms with van der Waals surface area (Å²) >= 11 is 0. The van der Waals surface area contributed by atoms with Crippen LogP contribution in [0.1, 0.15) is 15.9 Å². The van der Waals surface area contributed by atoms with E-state index in [1.54, 1.807) is 6.07 Å². The lowest BCUT2D eigenvalue weighted by Crippen LogP contribution is -2.35. The highest BCUT2D eigenvalue weighted by atomic mass is 19.1. The Hall–Kier alpha value is -2.44. The first kappa shape index (κ1) is 16.4. The summed E-state index contributed by atoms with van der Waals surface area (Å²) < 4.78 is 19.1. The van der Waals surface area contributed by atoms with Crippen LogP contribution in [0.5, 0.6) is 5.75 Å². The molecule has 5 nitrogen and oxygen atoms in total. The zero-order chi connectivity index (χ0) is 16.9. The third kappa shape index (κ3) is 3.90. The lowest BCUT2D eigenvalue weighted by atomic mass is 10.1. The third-order valence-electron chi connectivity index (χ3n) is 3.91. The number of carbonyl (C=O) groups is 1. The fourth-order valence-corrected chi connectivity index (χ4v) is 2.70. The SMILES string of the molecule is O=C(Nc1cccc(CN2CCOCC2)c1)c1c(O)cccc1F. The molecular weight excluding hydrogens is 311 g/mol. The van der Waals surface area contributed by atoms with Gasteiger partial charge in [0.15, 0.2) is 0 Å². The first-order valence-electron chi connectivity index (χ1n) is 7.81. The van der Waals surface area contributed by atoms with E-state index in [0.29, 0.717) is 5.69 Å². The van der Waals surface area contributed by atoms with E-state index in [1.807, 2.05) is 18.2 Å². The van der Waals surface area contributed by atoms with Crippen molar-refractivity contribution >= 4 is 11.6 Å². The molecule has 0 atom stereocenters. The maximum atomic E-state index is 13.8.